The summed E-state index contributed by atoms with van der Waals surface area (Å²) >= 11 is 0. The largest absolute Gasteiger partial charge is 0.399 e. The maximum absolute atomic E-state index is 11.7. The summed E-state index contributed by atoms with van der Waals surface area (Å²) < 4.78 is 0. The summed E-state index contributed by atoms with van der Waals surface area (Å²) in [7, 11) is 0. The van der Waals surface area contributed by atoms with Gasteiger partial charge in [-0.15, -0.1) is 12.4 Å². The maximum atomic E-state index is 11.7. The number of anilines is 1. The number of nitrogen functional groups attached to an aromatic ring is 1. The molecule has 0 unspecified atom stereocenters. The highest BCUT2D eigenvalue weighted by Gasteiger charge is 2.40. The lowest BCUT2D eigenvalue weighted by molar-refractivity contribution is -0.120. The first kappa shape index (κ1) is 14.8. The van der Waals surface area contributed by atoms with Crippen LogP contribution in [-0.4, -0.2) is 12.5 Å². The first-order valence-electron chi connectivity index (χ1n) is 6.25. The number of hydrogen-bond acceptors (Lipinski definition) is 2. The molecule has 3 nitrogen and oxygen atoms in total. The van der Waals surface area contributed by atoms with Crippen molar-refractivity contribution in [3.8, 4) is 0 Å². The van der Waals surface area contributed by atoms with Gasteiger partial charge in [-0.1, -0.05) is 19.1 Å². The summed E-state index contributed by atoms with van der Waals surface area (Å²) in [5.74, 6) is 0.106. The number of amides is 1. The van der Waals surface area contributed by atoms with Gasteiger partial charge in [0.25, 0.3) is 0 Å². The van der Waals surface area contributed by atoms with Crippen LogP contribution in [0.2, 0.25) is 0 Å². The summed E-state index contributed by atoms with van der Waals surface area (Å²) in [6.07, 6.45) is 4.12. The highest BCUT2D eigenvalue weighted by Crippen LogP contribution is 2.47. The number of carbonyl (C=O) groups is 1. The molecule has 1 saturated carbocycles. The third-order valence-electron chi connectivity index (χ3n) is 3.71. The summed E-state index contributed by atoms with van der Waals surface area (Å²) in [6, 6.07) is 7.47. The van der Waals surface area contributed by atoms with Crippen molar-refractivity contribution in [1.82, 2.24) is 5.32 Å². The van der Waals surface area contributed by atoms with Crippen LogP contribution in [0, 0.1) is 5.41 Å². The van der Waals surface area contributed by atoms with E-state index in [4.69, 9.17) is 5.73 Å². The van der Waals surface area contributed by atoms with Crippen LogP contribution >= 0.6 is 12.4 Å². The van der Waals surface area contributed by atoms with E-state index in [0.717, 1.165) is 24.2 Å². The van der Waals surface area contributed by atoms with Gasteiger partial charge < -0.3 is 11.1 Å². The predicted molar refractivity (Wildman–Crippen MR) is 76.8 cm³/mol. The molecule has 1 aliphatic carbocycles. The summed E-state index contributed by atoms with van der Waals surface area (Å²) in [5, 5.41) is 3.03. The highest BCUT2D eigenvalue weighted by atomic mass is 35.5. The molecule has 1 aliphatic rings. The van der Waals surface area contributed by atoms with Crippen LogP contribution in [0.1, 0.15) is 31.7 Å². The molecular weight excluding hydrogens is 248 g/mol. The van der Waals surface area contributed by atoms with Crippen LogP contribution < -0.4 is 11.1 Å². The monoisotopic (exact) mass is 268 g/mol. The molecule has 1 fully saturated rings. The molecule has 1 aromatic rings. The predicted octanol–water partition coefficient (Wildman–Crippen LogP) is 2.54. The number of halogens is 1. The zero-order chi connectivity index (χ0) is 12.3. The number of nitrogens with one attached hydrogen (secondary N) is 1. The Balaban J connectivity index is 0.00000162. The summed E-state index contributed by atoms with van der Waals surface area (Å²) in [4.78, 5) is 11.7. The zero-order valence-corrected chi connectivity index (χ0v) is 11.6. The van der Waals surface area contributed by atoms with Crippen LogP contribution in [-0.2, 0) is 11.2 Å². The molecule has 2 rings (SSSR count). The minimum atomic E-state index is 0. The molecule has 4 heteroatoms. The van der Waals surface area contributed by atoms with Crippen molar-refractivity contribution in [2.24, 2.45) is 5.41 Å². The quantitative estimate of drug-likeness (QED) is 0.807. The molecule has 18 heavy (non-hydrogen) atoms. The Hall–Kier alpha value is -1.22. The molecule has 0 aromatic heterocycles. The van der Waals surface area contributed by atoms with Crippen molar-refractivity contribution in [2.75, 3.05) is 12.3 Å². The SMILES string of the molecule is CCC1(CNC(=O)Cc2ccc(N)cc2)CC1.Cl. The van der Waals surface area contributed by atoms with E-state index in [1.165, 1.54) is 12.8 Å². The van der Waals surface area contributed by atoms with Gasteiger partial charge in [0.1, 0.15) is 0 Å². The third kappa shape index (κ3) is 3.91. The fraction of sp³-hybridized carbons (Fsp3) is 0.500. The molecule has 0 saturated heterocycles. The third-order valence-corrected chi connectivity index (χ3v) is 3.71. The van der Waals surface area contributed by atoms with Gasteiger partial charge >= 0.3 is 0 Å². The van der Waals surface area contributed by atoms with E-state index in [2.05, 4.69) is 12.2 Å². The van der Waals surface area contributed by atoms with Crippen LogP contribution in [0.3, 0.4) is 0 Å². The second-order valence-corrected chi connectivity index (χ2v) is 5.05. The summed E-state index contributed by atoms with van der Waals surface area (Å²) in [6.45, 7) is 3.02. The van der Waals surface area contributed by atoms with Gasteiger partial charge in [0.15, 0.2) is 0 Å². The van der Waals surface area contributed by atoms with Crippen LogP contribution in [0.15, 0.2) is 24.3 Å². The Morgan fingerprint density at radius 1 is 1.33 bits per heavy atom. The van der Waals surface area contributed by atoms with Gasteiger partial charge in [-0.2, -0.15) is 0 Å². The molecule has 0 atom stereocenters. The van der Waals surface area contributed by atoms with Crippen LogP contribution in [0.4, 0.5) is 5.69 Å². The van der Waals surface area contributed by atoms with Crippen molar-refractivity contribution in [3.05, 3.63) is 29.8 Å². The van der Waals surface area contributed by atoms with E-state index in [0.29, 0.717) is 11.8 Å². The van der Waals surface area contributed by atoms with Crippen molar-refractivity contribution >= 4 is 24.0 Å². The Morgan fingerprint density at radius 2 is 1.94 bits per heavy atom. The maximum Gasteiger partial charge on any atom is 0.224 e. The molecule has 1 aromatic carbocycles. The number of rotatable bonds is 5. The molecule has 100 valence electrons. The minimum Gasteiger partial charge on any atom is -0.399 e. The lowest BCUT2D eigenvalue weighted by atomic mass is 10.0. The standard InChI is InChI=1S/C14H20N2O.ClH/c1-2-14(7-8-14)10-16-13(17)9-11-3-5-12(15)6-4-11;/h3-6H,2,7-10,15H2,1H3,(H,16,17);1H. The molecule has 3 N–H and O–H groups in total. The van der Waals surface area contributed by atoms with E-state index < -0.39 is 0 Å². The van der Waals surface area contributed by atoms with Gasteiger partial charge in [-0.05, 0) is 42.4 Å². The smallest absolute Gasteiger partial charge is 0.224 e. The molecule has 0 heterocycles. The summed E-state index contributed by atoms with van der Waals surface area (Å²) in [5.41, 5.74) is 7.76. The normalized spacial score (nSPS) is 15.6. The Kier molecular flexibility index (Phi) is 5.03. The lowest BCUT2D eigenvalue weighted by Crippen LogP contribution is -2.31. The molecule has 0 radical (unpaired) electrons. The van der Waals surface area contributed by atoms with E-state index in [1.807, 2.05) is 24.3 Å². The lowest BCUT2D eigenvalue weighted by Gasteiger charge is -2.13. The molecular formula is C14H21ClN2O. The molecule has 0 spiro atoms. The van der Waals surface area contributed by atoms with Gasteiger partial charge in [0.05, 0.1) is 6.42 Å². The molecule has 1 amide bonds. The Labute approximate surface area is 115 Å². The molecule has 0 aliphatic heterocycles. The van der Waals surface area contributed by atoms with E-state index in [1.54, 1.807) is 0 Å². The van der Waals surface area contributed by atoms with Gasteiger partial charge in [-0.25, -0.2) is 0 Å². The van der Waals surface area contributed by atoms with Gasteiger partial charge in [0.2, 0.25) is 5.91 Å². The number of nitrogens with two attached hydrogens (primary N) is 1. The minimum absolute atomic E-state index is 0. The fourth-order valence-electron chi connectivity index (χ4n) is 2.00. The fourth-order valence-corrected chi connectivity index (χ4v) is 2.00. The van der Waals surface area contributed by atoms with Crippen LogP contribution in [0.5, 0.6) is 0 Å². The zero-order valence-electron chi connectivity index (χ0n) is 10.7. The second kappa shape index (κ2) is 6.10. The van der Waals surface area contributed by atoms with Crippen molar-refractivity contribution in [3.63, 3.8) is 0 Å². The second-order valence-electron chi connectivity index (χ2n) is 5.05. The number of benzene rings is 1. The average molecular weight is 269 g/mol. The van der Waals surface area contributed by atoms with Crippen molar-refractivity contribution in [1.29, 1.82) is 0 Å². The van der Waals surface area contributed by atoms with Gasteiger partial charge in [-0.3, -0.25) is 4.79 Å². The first-order valence-corrected chi connectivity index (χ1v) is 6.25. The number of carbonyl (C=O) groups excluding carboxylic acids is 1. The number of hydrogen-bond donors (Lipinski definition) is 2. The van der Waals surface area contributed by atoms with E-state index in [-0.39, 0.29) is 18.3 Å². The van der Waals surface area contributed by atoms with E-state index >= 15 is 0 Å². The van der Waals surface area contributed by atoms with Crippen molar-refractivity contribution in [2.45, 2.75) is 32.6 Å². The van der Waals surface area contributed by atoms with Gasteiger partial charge in [0, 0.05) is 12.2 Å². The Bertz CT molecular complexity index is 399. The average Bonchev–Trinajstić information content (AvgIpc) is 3.10. The molecule has 0 bridgehead atoms. The van der Waals surface area contributed by atoms with Crippen molar-refractivity contribution < 1.29 is 4.79 Å². The highest BCUT2D eigenvalue weighted by molar-refractivity contribution is 5.85. The van der Waals surface area contributed by atoms with Crippen LogP contribution in [0.25, 0.3) is 0 Å². The Morgan fingerprint density at radius 3 is 2.44 bits per heavy atom. The topological polar surface area (TPSA) is 55.1 Å². The first-order chi connectivity index (χ1) is 8.13. The van der Waals surface area contributed by atoms with E-state index in [9.17, 15) is 4.79 Å².